The molecule has 2 aromatic rings. The third kappa shape index (κ3) is 5.70. The Bertz CT molecular complexity index is 613. The zero-order valence-corrected chi connectivity index (χ0v) is 16.3. The molecule has 1 fully saturated rings. The second-order valence-corrected chi connectivity index (χ2v) is 7.86. The van der Waals surface area contributed by atoms with Gasteiger partial charge in [0.25, 0.3) is 0 Å². The monoisotopic (exact) mass is 353 g/mol. The maximum Gasteiger partial charge on any atom is 0.123 e. The van der Waals surface area contributed by atoms with Crippen molar-refractivity contribution in [3.8, 4) is 11.3 Å². The average Bonchev–Trinajstić information content (AvgIpc) is 3.19. The number of hydrogen-bond acceptors (Lipinski definition) is 2. The summed E-state index contributed by atoms with van der Waals surface area (Å²) in [4.78, 5) is 8.32. The van der Waals surface area contributed by atoms with Crippen molar-refractivity contribution in [2.24, 2.45) is 5.92 Å². The summed E-state index contributed by atoms with van der Waals surface area (Å²) in [5.74, 6) is 1.96. The molecule has 3 nitrogen and oxygen atoms in total. The van der Waals surface area contributed by atoms with Gasteiger partial charge in [-0.3, -0.25) is 0 Å². The van der Waals surface area contributed by atoms with Gasteiger partial charge in [0.1, 0.15) is 5.82 Å². The first kappa shape index (κ1) is 19.2. The summed E-state index contributed by atoms with van der Waals surface area (Å²) in [6, 6.07) is 10.9. The lowest BCUT2D eigenvalue weighted by molar-refractivity contribution is 0.318. The molecule has 3 rings (SSSR count). The summed E-state index contributed by atoms with van der Waals surface area (Å²) in [6.45, 7) is 3.41. The molecule has 26 heavy (non-hydrogen) atoms. The molecule has 0 radical (unpaired) electrons. The van der Waals surface area contributed by atoms with Crippen molar-refractivity contribution in [1.29, 1.82) is 0 Å². The molecule has 0 aliphatic heterocycles. The molecule has 0 amide bonds. The molecule has 0 saturated heterocycles. The summed E-state index contributed by atoms with van der Waals surface area (Å²) < 4.78 is 0. The highest BCUT2D eigenvalue weighted by Crippen LogP contribution is 2.26. The molecule has 0 bridgehead atoms. The second kappa shape index (κ2) is 10.5. The number of aromatic amines is 1. The fourth-order valence-corrected chi connectivity index (χ4v) is 4.09. The third-order valence-corrected chi connectivity index (χ3v) is 5.73. The van der Waals surface area contributed by atoms with Crippen LogP contribution in [0.15, 0.2) is 36.5 Å². The van der Waals surface area contributed by atoms with Gasteiger partial charge in [0.05, 0.1) is 17.9 Å². The SMILES string of the molecule is CCCCCCC(NCC1CCCCC1)c1ncc(-c2ccccc2)[nH]1. The van der Waals surface area contributed by atoms with Crippen molar-refractivity contribution in [2.45, 2.75) is 77.2 Å². The zero-order valence-electron chi connectivity index (χ0n) is 16.3. The predicted octanol–water partition coefficient (Wildman–Crippen LogP) is 6.26. The Balaban J connectivity index is 1.62. The van der Waals surface area contributed by atoms with Crippen LogP contribution in [0.5, 0.6) is 0 Å². The van der Waals surface area contributed by atoms with Crippen molar-refractivity contribution in [3.63, 3.8) is 0 Å². The normalized spacial score (nSPS) is 16.7. The fourth-order valence-electron chi connectivity index (χ4n) is 4.09. The van der Waals surface area contributed by atoms with Crippen LogP contribution in [0.4, 0.5) is 0 Å². The second-order valence-electron chi connectivity index (χ2n) is 7.86. The molecule has 1 aliphatic carbocycles. The number of nitrogens with zero attached hydrogens (tertiary/aromatic N) is 1. The minimum Gasteiger partial charge on any atom is -0.341 e. The summed E-state index contributed by atoms with van der Waals surface area (Å²) >= 11 is 0. The van der Waals surface area contributed by atoms with E-state index in [2.05, 4.69) is 47.6 Å². The van der Waals surface area contributed by atoms with Crippen LogP contribution in [0.1, 0.15) is 83.0 Å². The Kier molecular flexibility index (Phi) is 7.75. The molecular formula is C23H35N3. The van der Waals surface area contributed by atoms with Gasteiger partial charge < -0.3 is 10.3 Å². The maximum absolute atomic E-state index is 4.74. The Hall–Kier alpha value is -1.61. The van der Waals surface area contributed by atoms with Crippen LogP contribution in [-0.2, 0) is 0 Å². The number of rotatable bonds is 10. The Labute approximate surface area is 159 Å². The van der Waals surface area contributed by atoms with Crippen molar-refractivity contribution in [1.82, 2.24) is 15.3 Å². The number of benzene rings is 1. The van der Waals surface area contributed by atoms with Gasteiger partial charge in [-0.05, 0) is 37.3 Å². The van der Waals surface area contributed by atoms with Gasteiger partial charge in [-0.1, -0.05) is 82.2 Å². The lowest BCUT2D eigenvalue weighted by Gasteiger charge is -2.25. The van der Waals surface area contributed by atoms with Crippen LogP contribution >= 0.6 is 0 Å². The van der Waals surface area contributed by atoms with E-state index >= 15 is 0 Å². The number of hydrogen-bond donors (Lipinski definition) is 2. The molecule has 1 aromatic heterocycles. The summed E-state index contributed by atoms with van der Waals surface area (Å²) in [5.41, 5.74) is 2.34. The predicted molar refractivity (Wildman–Crippen MR) is 110 cm³/mol. The molecule has 0 spiro atoms. The minimum atomic E-state index is 0.353. The molecule has 1 saturated carbocycles. The summed E-state index contributed by atoms with van der Waals surface area (Å²) in [5, 5.41) is 3.85. The van der Waals surface area contributed by atoms with E-state index in [0.717, 1.165) is 24.0 Å². The third-order valence-electron chi connectivity index (χ3n) is 5.73. The van der Waals surface area contributed by atoms with E-state index in [9.17, 15) is 0 Å². The molecule has 1 atom stereocenters. The maximum atomic E-state index is 4.74. The molecule has 1 unspecified atom stereocenters. The lowest BCUT2D eigenvalue weighted by atomic mass is 9.89. The first-order valence-corrected chi connectivity index (χ1v) is 10.7. The van der Waals surface area contributed by atoms with Crippen LogP contribution in [0.25, 0.3) is 11.3 Å². The van der Waals surface area contributed by atoms with Gasteiger partial charge in [-0.15, -0.1) is 0 Å². The van der Waals surface area contributed by atoms with E-state index in [1.165, 1.54) is 69.8 Å². The van der Waals surface area contributed by atoms with Gasteiger partial charge in [-0.25, -0.2) is 4.98 Å². The number of unbranched alkanes of at least 4 members (excludes halogenated alkanes) is 3. The first-order valence-electron chi connectivity index (χ1n) is 10.7. The quantitative estimate of drug-likeness (QED) is 0.495. The molecule has 142 valence electrons. The van der Waals surface area contributed by atoms with Crippen LogP contribution in [0.3, 0.4) is 0 Å². The number of aromatic nitrogens is 2. The Morgan fingerprint density at radius 3 is 2.65 bits per heavy atom. The standard InChI is InChI=1S/C23H35N3/c1-2-3-4-11-16-21(24-17-19-12-7-5-8-13-19)23-25-18-22(26-23)20-14-9-6-10-15-20/h6,9-10,14-15,18-19,21,24H,2-5,7-8,11-13,16-17H2,1H3,(H,25,26). The first-order chi connectivity index (χ1) is 12.9. The van der Waals surface area contributed by atoms with Crippen molar-refractivity contribution in [2.75, 3.05) is 6.54 Å². The average molecular weight is 354 g/mol. The van der Waals surface area contributed by atoms with Crippen LogP contribution in [-0.4, -0.2) is 16.5 Å². The lowest BCUT2D eigenvalue weighted by Crippen LogP contribution is -2.29. The van der Waals surface area contributed by atoms with Crippen LogP contribution < -0.4 is 5.32 Å². The van der Waals surface area contributed by atoms with Gasteiger partial charge in [-0.2, -0.15) is 0 Å². The highest BCUT2D eigenvalue weighted by atomic mass is 15.0. The number of nitrogens with one attached hydrogen (secondary N) is 2. The van der Waals surface area contributed by atoms with Gasteiger partial charge >= 0.3 is 0 Å². The van der Waals surface area contributed by atoms with E-state index < -0.39 is 0 Å². The molecule has 3 heteroatoms. The van der Waals surface area contributed by atoms with E-state index in [-0.39, 0.29) is 0 Å². The molecule has 2 N–H and O–H groups in total. The molecular weight excluding hydrogens is 318 g/mol. The van der Waals surface area contributed by atoms with E-state index in [4.69, 9.17) is 4.98 Å². The van der Waals surface area contributed by atoms with Crippen molar-refractivity contribution < 1.29 is 0 Å². The summed E-state index contributed by atoms with van der Waals surface area (Å²) in [7, 11) is 0. The zero-order chi connectivity index (χ0) is 18.0. The largest absolute Gasteiger partial charge is 0.341 e. The highest BCUT2D eigenvalue weighted by Gasteiger charge is 2.19. The van der Waals surface area contributed by atoms with Crippen molar-refractivity contribution in [3.05, 3.63) is 42.4 Å². The highest BCUT2D eigenvalue weighted by molar-refractivity contribution is 5.58. The molecule has 1 aromatic carbocycles. The van der Waals surface area contributed by atoms with Crippen molar-refractivity contribution >= 4 is 0 Å². The van der Waals surface area contributed by atoms with Gasteiger partial charge in [0, 0.05) is 0 Å². The molecule has 1 heterocycles. The minimum absolute atomic E-state index is 0.353. The summed E-state index contributed by atoms with van der Waals surface area (Å²) in [6.07, 6.45) is 15.4. The van der Waals surface area contributed by atoms with Gasteiger partial charge in [0.2, 0.25) is 0 Å². The number of H-pyrrole nitrogens is 1. The topological polar surface area (TPSA) is 40.7 Å². The smallest absolute Gasteiger partial charge is 0.123 e. The van der Waals surface area contributed by atoms with Gasteiger partial charge in [0.15, 0.2) is 0 Å². The van der Waals surface area contributed by atoms with Crippen LogP contribution in [0, 0.1) is 5.92 Å². The van der Waals surface area contributed by atoms with E-state index in [1.54, 1.807) is 0 Å². The Morgan fingerprint density at radius 2 is 1.88 bits per heavy atom. The fraction of sp³-hybridized carbons (Fsp3) is 0.609. The number of imidazole rings is 1. The Morgan fingerprint density at radius 1 is 1.08 bits per heavy atom. The van der Waals surface area contributed by atoms with Crippen LogP contribution in [0.2, 0.25) is 0 Å². The van der Waals surface area contributed by atoms with E-state index in [1.807, 2.05) is 6.20 Å². The molecule has 1 aliphatic rings. The van der Waals surface area contributed by atoms with E-state index in [0.29, 0.717) is 6.04 Å².